The standard InChI is InChI=1S/C18H17N7/c1-22-17(21)18-24-9-14(10-25-18)13-6-7-15(23-8-13)11-2-4-12(5-3-11)16(19)20/h2-10H,1H3,(H3,19,20)(H2,21,22). The van der Waals surface area contributed by atoms with Gasteiger partial charge >= 0.3 is 0 Å². The van der Waals surface area contributed by atoms with E-state index in [1.54, 1.807) is 37.8 Å². The van der Waals surface area contributed by atoms with Gasteiger partial charge in [-0.2, -0.15) is 0 Å². The van der Waals surface area contributed by atoms with Gasteiger partial charge in [0.25, 0.3) is 0 Å². The molecule has 0 unspecified atom stereocenters. The molecule has 1 aromatic carbocycles. The molecule has 2 heterocycles. The Kier molecular flexibility index (Phi) is 4.47. The summed E-state index contributed by atoms with van der Waals surface area (Å²) in [6, 6.07) is 11.3. The molecule has 0 fully saturated rings. The second-order valence-electron chi connectivity index (χ2n) is 5.33. The third kappa shape index (κ3) is 3.50. The maximum absolute atomic E-state index is 7.42. The summed E-state index contributed by atoms with van der Waals surface area (Å²) in [7, 11) is 1.60. The third-order valence-corrected chi connectivity index (χ3v) is 3.71. The molecule has 3 rings (SSSR count). The summed E-state index contributed by atoms with van der Waals surface area (Å²) in [5, 5.41) is 7.42. The average Bonchev–Trinajstić information content (AvgIpc) is 2.67. The van der Waals surface area contributed by atoms with Crippen molar-refractivity contribution >= 4 is 11.7 Å². The van der Waals surface area contributed by atoms with E-state index in [-0.39, 0.29) is 5.84 Å². The Bertz CT molecular complexity index is 911. The molecule has 124 valence electrons. The van der Waals surface area contributed by atoms with Crippen molar-refractivity contribution in [3.05, 3.63) is 66.4 Å². The van der Waals surface area contributed by atoms with E-state index in [0.29, 0.717) is 17.2 Å². The zero-order valence-corrected chi connectivity index (χ0v) is 13.6. The molecule has 2 aromatic heterocycles. The Balaban J connectivity index is 1.83. The van der Waals surface area contributed by atoms with Crippen molar-refractivity contribution in [1.82, 2.24) is 15.0 Å². The zero-order chi connectivity index (χ0) is 17.8. The van der Waals surface area contributed by atoms with Crippen LogP contribution in [-0.4, -0.2) is 33.7 Å². The first-order valence-corrected chi connectivity index (χ1v) is 7.54. The second kappa shape index (κ2) is 6.88. The molecule has 3 aromatic rings. The molecule has 0 amide bonds. The van der Waals surface area contributed by atoms with Gasteiger partial charge in [-0.25, -0.2) is 9.97 Å². The molecule has 0 saturated heterocycles. The lowest BCUT2D eigenvalue weighted by Crippen LogP contribution is -2.16. The van der Waals surface area contributed by atoms with Crippen molar-refractivity contribution in [2.24, 2.45) is 16.5 Å². The lowest BCUT2D eigenvalue weighted by Gasteiger charge is -2.05. The highest BCUT2D eigenvalue weighted by Gasteiger charge is 2.05. The Morgan fingerprint density at radius 3 is 1.96 bits per heavy atom. The number of hydrogen-bond acceptors (Lipinski definition) is 5. The van der Waals surface area contributed by atoms with E-state index in [0.717, 1.165) is 22.4 Å². The summed E-state index contributed by atoms with van der Waals surface area (Å²) >= 11 is 0. The maximum atomic E-state index is 7.42. The molecule has 0 spiro atoms. The molecule has 25 heavy (non-hydrogen) atoms. The normalized spacial score (nSPS) is 11.3. The van der Waals surface area contributed by atoms with Gasteiger partial charge < -0.3 is 11.5 Å². The van der Waals surface area contributed by atoms with Gasteiger partial charge in [0, 0.05) is 47.9 Å². The molecule has 0 aliphatic heterocycles. The Hall–Kier alpha value is -3.61. The van der Waals surface area contributed by atoms with E-state index < -0.39 is 0 Å². The summed E-state index contributed by atoms with van der Waals surface area (Å²) < 4.78 is 0. The molecule has 5 N–H and O–H groups in total. The van der Waals surface area contributed by atoms with Crippen LogP contribution in [0.15, 0.2) is 60.0 Å². The number of aromatic nitrogens is 3. The molecule has 0 aliphatic rings. The number of amidine groups is 2. The summed E-state index contributed by atoms with van der Waals surface area (Å²) in [5.74, 6) is 0.752. The first-order chi connectivity index (χ1) is 12.1. The van der Waals surface area contributed by atoms with E-state index in [1.165, 1.54) is 0 Å². The van der Waals surface area contributed by atoms with Crippen LogP contribution in [0.5, 0.6) is 0 Å². The van der Waals surface area contributed by atoms with Gasteiger partial charge in [0.15, 0.2) is 11.7 Å². The quantitative estimate of drug-likeness (QED) is 0.496. The number of hydrogen-bond donors (Lipinski definition) is 3. The topological polar surface area (TPSA) is 127 Å². The van der Waals surface area contributed by atoms with Crippen LogP contribution in [0.1, 0.15) is 11.4 Å². The van der Waals surface area contributed by atoms with Crippen LogP contribution in [0.4, 0.5) is 0 Å². The SMILES string of the molecule is CN=C(N)c1ncc(-c2ccc(-c3ccc(C(=N)N)cc3)nc2)cn1. The van der Waals surface area contributed by atoms with Crippen LogP contribution in [0.3, 0.4) is 0 Å². The van der Waals surface area contributed by atoms with Crippen molar-refractivity contribution in [3.8, 4) is 22.4 Å². The molecular formula is C18H17N7. The van der Waals surface area contributed by atoms with E-state index in [1.807, 2.05) is 24.3 Å². The molecule has 7 heteroatoms. The maximum Gasteiger partial charge on any atom is 0.194 e. The van der Waals surface area contributed by atoms with Crippen molar-refractivity contribution in [3.63, 3.8) is 0 Å². The largest absolute Gasteiger partial charge is 0.384 e. The van der Waals surface area contributed by atoms with Crippen LogP contribution < -0.4 is 11.5 Å². The summed E-state index contributed by atoms with van der Waals surface area (Å²) in [6.07, 6.45) is 5.15. The van der Waals surface area contributed by atoms with Gasteiger partial charge in [-0.3, -0.25) is 15.4 Å². The molecule has 0 radical (unpaired) electrons. The van der Waals surface area contributed by atoms with Gasteiger partial charge in [-0.05, 0) is 6.07 Å². The fraction of sp³-hybridized carbons (Fsp3) is 0.0556. The van der Waals surface area contributed by atoms with Gasteiger partial charge in [0.05, 0.1) is 5.69 Å². The van der Waals surface area contributed by atoms with Crippen molar-refractivity contribution < 1.29 is 0 Å². The highest BCUT2D eigenvalue weighted by molar-refractivity contribution is 5.95. The zero-order valence-electron chi connectivity index (χ0n) is 13.6. The van der Waals surface area contributed by atoms with Crippen molar-refractivity contribution in [2.45, 2.75) is 0 Å². The number of rotatable bonds is 4. The van der Waals surface area contributed by atoms with Crippen LogP contribution in [-0.2, 0) is 0 Å². The second-order valence-corrected chi connectivity index (χ2v) is 5.33. The minimum Gasteiger partial charge on any atom is -0.384 e. The van der Waals surface area contributed by atoms with Gasteiger partial charge in [0.1, 0.15) is 5.84 Å². The highest BCUT2D eigenvalue weighted by atomic mass is 15.0. The van der Waals surface area contributed by atoms with E-state index in [2.05, 4.69) is 19.9 Å². The number of nitrogens with zero attached hydrogens (tertiary/aromatic N) is 4. The van der Waals surface area contributed by atoms with Gasteiger partial charge in [-0.15, -0.1) is 0 Å². The molecular weight excluding hydrogens is 314 g/mol. The smallest absolute Gasteiger partial charge is 0.194 e. The van der Waals surface area contributed by atoms with Gasteiger partial charge in [0.2, 0.25) is 0 Å². The number of aliphatic imine (C=N–C) groups is 1. The van der Waals surface area contributed by atoms with Crippen LogP contribution in [0.25, 0.3) is 22.4 Å². The number of pyridine rings is 1. The lowest BCUT2D eigenvalue weighted by molar-refractivity contribution is 1.12. The Labute approximate surface area is 145 Å². The van der Waals surface area contributed by atoms with Crippen LogP contribution in [0, 0.1) is 5.41 Å². The van der Waals surface area contributed by atoms with Gasteiger partial charge in [-0.1, -0.05) is 30.3 Å². The van der Waals surface area contributed by atoms with E-state index >= 15 is 0 Å². The molecule has 7 nitrogen and oxygen atoms in total. The number of nitrogens with two attached hydrogens (primary N) is 2. The predicted molar refractivity (Wildman–Crippen MR) is 98.4 cm³/mol. The summed E-state index contributed by atoms with van der Waals surface area (Å²) in [5.41, 5.74) is 15.4. The monoisotopic (exact) mass is 331 g/mol. The fourth-order valence-electron chi connectivity index (χ4n) is 2.27. The molecule has 0 saturated carbocycles. The number of benzene rings is 1. The molecule has 0 atom stereocenters. The van der Waals surface area contributed by atoms with Crippen LogP contribution >= 0.6 is 0 Å². The summed E-state index contributed by atoms with van der Waals surface area (Å²) in [6.45, 7) is 0. The van der Waals surface area contributed by atoms with E-state index in [4.69, 9.17) is 16.9 Å². The number of nitrogen functional groups attached to an aromatic ring is 1. The average molecular weight is 331 g/mol. The first kappa shape index (κ1) is 16.3. The highest BCUT2D eigenvalue weighted by Crippen LogP contribution is 2.22. The number of nitrogens with one attached hydrogen (secondary N) is 1. The predicted octanol–water partition coefficient (Wildman–Crippen LogP) is 1.82. The van der Waals surface area contributed by atoms with Crippen LogP contribution in [0.2, 0.25) is 0 Å². The van der Waals surface area contributed by atoms with E-state index in [9.17, 15) is 0 Å². The molecule has 0 bridgehead atoms. The Morgan fingerprint density at radius 1 is 0.840 bits per heavy atom. The Morgan fingerprint density at radius 2 is 1.44 bits per heavy atom. The first-order valence-electron chi connectivity index (χ1n) is 7.54. The molecule has 0 aliphatic carbocycles. The van der Waals surface area contributed by atoms with Crippen molar-refractivity contribution in [1.29, 1.82) is 5.41 Å². The minimum atomic E-state index is 0.0482. The minimum absolute atomic E-state index is 0.0482. The summed E-state index contributed by atoms with van der Waals surface area (Å²) in [4.78, 5) is 16.8. The third-order valence-electron chi connectivity index (χ3n) is 3.71. The van der Waals surface area contributed by atoms with Crippen molar-refractivity contribution in [2.75, 3.05) is 7.05 Å². The fourth-order valence-corrected chi connectivity index (χ4v) is 2.27. The lowest BCUT2D eigenvalue weighted by atomic mass is 10.1.